The lowest BCUT2D eigenvalue weighted by Gasteiger charge is -2.20. The van der Waals surface area contributed by atoms with Crippen LogP contribution in [0.15, 0.2) is 9.98 Å². The van der Waals surface area contributed by atoms with Crippen molar-refractivity contribution in [1.82, 2.24) is 0 Å². The van der Waals surface area contributed by atoms with Gasteiger partial charge < -0.3 is 16.6 Å². The van der Waals surface area contributed by atoms with Crippen LogP contribution < -0.4 is 11.5 Å². The quantitative estimate of drug-likeness (QED) is 0.344. The van der Waals surface area contributed by atoms with Crippen LogP contribution in [0, 0.1) is 0 Å². The van der Waals surface area contributed by atoms with Gasteiger partial charge in [-0.15, -0.1) is 0 Å². The first-order valence-corrected chi connectivity index (χ1v) is 4.40. The van der Waals surface area contributed by atoms with Crippen LogP contribution >= 0.6 is 0 Å². The van der Waals surface area contributed by atoms with Gasteiger partial charge in [-0.2, -0.15) is 4.99 Å². The summed E-state index contributed by atoms with van der Waals surface area (Å²) in [6, 6.07) is -3.50. The number of carbonyl (C=O) groups is 1. The fraction of sp³-hybridized carbons (Fsp3) is 0.625. The Bertz CT molecular complexity index is 333. The number of carbonyl (C=O) groups excluding carboxylic acids is 2. The maximum atomic E-state index is 10.6. The van der Waals surface area contributed by atoms with E-state index in [9.17, 15) is 14.4 Å². The maximum absolute atomic E-state index is 10.6. The predicted octanol–water partition coefficient (Wildman–Crippen LogP) is -1.84. The van der Waals surface area contributed by atoms with Crippen molar-refractivity contribution in [3.05, 3.63) is 0 Å². The Labute approximate surface area is 91.0 Å². The minimum atomic E-state index is -1.45. The van der Waals surface area contributed by atoms with Crippen LogP contribution in [0.2, 0.25) is 0 Å². The molecule has 0 aliphatic heterocycles. The molecule has 0 spiro atoms. The summed E-state index contributed by atoms with van der Waals surface area (Å²) in [5.74, 6) is -1.35. The topological polar surface area (TPSA) is 148 Å². The second kappa shape index (κ2) is 7.44. The van der Waals surface area contributed by atoms with E-state index in [4.69, 9.17) is 16.6 Å². The third-order valence-corrected chi connectivity index (χ3v) is 1.93. The fourth-order valence-electron chi connectivity index (χ4n) is 1.16. The lowest BCUT2D eigenvalue weighted by Crippen LogP contribution is -2.47. The average molecular weight is 228 g/mol. The van der Waals surface area contributed by atoms with Crippen LogP contribution in [0.25, 0.3) is 0 Å². The molecule has 0 aliphatic rings. The normalized spacial score (nSPS) is 15.1. The third kappa shape index (κ3) is 4.12. The number of hydrogen-bond donors (Lipinski definition) is 3. The van der Waals surface area contributed by atoms with Crippen molar-refractivity contribution < 1.29 is 19.5 Å². The molecule has 3 unspecified atom stereocenters. The van der Waals surface area contributed by atoms with Crippen molar-refractivity contribution in [2.24, 2.45) is 21.5 Å². The second-order valence-electron chi connectivity index (χ2n) is 2.94. The monoisotopic (exact) mass is 228 g/mol. The maximum Gasteiger partial charge on any atom is 0.322 e. The van der Waals surface area contributed by atoms with Gasteiger partial charge in [-0.3, -0.25) is 4.79 Å². The highest BCUT2D eigenvalue weighted by Crippen LogP contribution is 2.10. The van der Waals surface area contributed by atoms with Gasteiger partial charge in [-0.25, -0.2) is 14.6 Å². The summed E-state index contributed by atoms with van der Waals surface area (Å²) in [6.07, 6.45) is 2.64. The Morgan fingerprint density at radius 3 is 2.25 bits per heavy atom. The lowest BCUT2D eigenvalue weighted by atomic mass is 9.99. The minimum absolute atomic E-state index is 0.146. The molecule has 88 valence electrons. The van der Waals surface area contributed by atoms with E-state index in [0.29, 0.717) is 0 Å². The number of aliphatic imine (C=N–C) groups is 2. The average Bonchev–Trinajstić information content (AvgIpc) is 2.24. The van der Waals surface area contributed by atoms with E-state index in [0.717, 1.165) is 0 Å². The summed E-state index contributed by atoms with van der Waals surface area (Å²) in [4.78, 5) is 37.5. The molecule has 5 N–H and O–H groups in total. The van der Waals surface area contributed by atoms with Gasteiger partial charge in [-0.1, -0.05) is 0 Å². The molecule has 3 atom stereocenters. The van der Waals surface area contributed by atoms with E-state index in [-0.39, 0.29) is 13.0 Å². The third-order valence-electron chi connectivity index (χ3n) is 1.93. The molecule has 0 radical (unpaired) electrons. The molecule has 0 saturated heterocycles. The number of hydrogen-bond acceptors (Lipinski definition) is 7. The summed E-state index contributed by atoms with van der Waals surface area (Å²) >= 11 is 0. The second-order valence-corrected chi connectivity index (χ2v) is 2.94. The van der Waals surface area contributed by atoms with Crippen molar-refractivity contribution in [3.8, 4) is 0 Å². The van der Waals surface area contributed by atoms with Crippen LogP contribution in [0.3, 0.4) is 0 Å². The van der Waals surface area contributed by atoms with E-state index in [2.05, 4.69) is 9.98 Å². The SMILES string of the molecule is NCCC(N=C=O)C(N=C=O)C(N)C(=O)O. The number of carboxylic acids is 1. The number of carboxylic acid groups (broad SMARTS) is 1. The van der Waals surface area contributed by atoms with E-state index >= 15 is 0 Å². The molecular formula is C8H12N4O4. The molecule has 0 aromatic heterocycles. The van der Waals surface area contributed by atoms with Crippen LogP contribution in [0.1, 0.15) is 6.42 Å². The molecule has 0 aromatic rings. The summed E-state index contributed by atoms with van der Waals surface area (Å²) in [6.45, 7) is 0.146. The first kappa shape index (κ1) is 14.2. The Kier molecular flexibility index (Phi) is 6.58. The van der Waals surface area contributed by atoms with E-state index in [1.807, 2.05) is 0 Å². The minimum Gasteiger partial charge on any atom is -0.480 e. The van der Waals surface area contributed by atoms with Crippen molar-refractivity contribution in [2.45, 2.75) is 24.5 Å². The molecule has 8 nitrogen and oxygen atoms in total. The molecule has 0 aliphatic carbocycles. The van der Waals surface area contributed by atoms with Gasteiger partial charge in [0.25, 0.3) is 0 Å². The highest BCUT2D eigenvalue weighted by molar-refractivity contribution is 5.74. The lowest BCUT2D eigenvalue weighted by molar-refractivity contribution is -0.139. The van der Waals surface area contributed by atoms with Gasteiger partial charge in [0.2, 0.25) is 12.2 Å². The zero-order chi connectivity index (χ0) is 12.6. The zero-order valence-corrected chi connectivity index (χ0v) is 8.37. The number of aliphatic carboxylic acids is 1. The summed E-state index contributed by atoms with van der Waals surface area (Å²) in [5, 5.41) is 8.68. The number of nitrogens with zero attached hydrogens (tertiary/aromatic N) is 2. The van der Waals surface area contributed by atoms with E-state index < -0.39 is 24.1 Å². The highest BCUT2D eigenvalue weighted by Gasteiger charge is 2.31. The van der Waals surface area contributed by atoms with E-state index in [1.165, 1.54) is 12.2 Å². The first-order chi connectivity index (χ1) is 7.58. The van der Waals surface area contributed by atoms with Crippen LogP contribution in [0.5, 0.6) is 0 Å². The molecule has 0 fully saturated rings. The van der Waals surface area contributed by atoms with Gasteiger partial charge in [0, 0.05) is 0 Å². The smallest absolute Gasteiger partial charge is 0.322 e. The number of isocyanates is 2. The van der Waals surface area contributed by atoms with Gasteiger partial charge in [0.05, 0.1) is 6.04 Å². The molecule has 0 heterocycles. The zero-order valence-electron chi connectivity index (χ0n) is 8.37. The van der Waals surface area contributed by atoms with Gasteiger partial charge in [0.15, 0.2) is 0 Å². The van der Waals surface area contributed by atoms with E-state index in [1.54, 1.807) is 0 Å². The molecule has 0 rings (SSSR count). The number of rotatable bonds is 7. The Hall–Kier alpha value is -1.85. The molecular weight excluding hydrogens is 216 g/mol. The predicted molar refractivity (Wildman–Crippen MR) is 53.1 cm³/mol. The molecule has 0 bridgehead atoms. The Morgan fingerprint density at radius 2 is 1.88 bits per heavy atom. The Morgan fingerprint density at radius 1 is 1.31 bits per heavy atom. The molecule has 0 amide bonds. The van der Waals surface area contributed by atoms with Crippen LogP contribution in [-0.4, -0.2) is 47.9 Å². The molecule has 8 heteroatoms. The highest BCUT2D eigenvalue weighted by atomic mass is 16.4. The summed E-state index contributed by atoms with van der Waals surface area (Å²) < 4.78 is 0. The number of nitrogens with two attached hydrogens (primary N) is 2. The van der Waals surface area contributed by atoms with Crippen LogP contribution in [-0.2, 0) is 14.4 Å². The molecule has 0 aromatic carbocycles. The molecule has 0 saturated carbocycles. The standard InChI is InChI=1S/C8H12N4O4/c9-2-1-5(11-3-13)7(12-4-14)6(10)8(15)16/h5-7H,1-2,9-10H2,(H,15,16). The van der Waals surface area contributed by atoms with Crippen molar-refractivity contribution in [1.29, 1.82) is 0 Å². The largest absolute Gasteiger partial charge is 0.480 e. The van der Waals surface area contributed by atoms with Crippen LogP contribution in [0.4, 0.5) is 0 Å². The first-order valence-electron chi connectivity index (χ1n) is 4.40. The molecule has 16 heavy (non-hydrogen) atoms. The summed E-state index contributed by atoms with van der Waals surface area (Å²) in [7, 11) is 0. The van der Waals surface area contributed by atoms with Crippen molar-refractivity contribution >= 4 is 18.1 Å². The Balaban J connectivity index is 5.03. The summed E-state index contributed by atoms with van der Waals surface area (Å²) in [5.41, 5.74) is 10.6. The van der Waals surface area contributed by atoms with Gasteiger partial charge in [0.1, 0.15) is 12.1 Å². The van der Waals surface area contributed by atoms with Crippen molar-refractivity contribution in [2.75, 3.05) is 6.54 Å². The fourth-order valence-corrected chi connectivity index (χ4v) is 1.16. The van der Waals surface area contributed by atoms with Gasteiger partial charge >= 0.3 is 5.97 Å². The van der Waals surface area contributed by atoms with Crippen molar-refractivity contribution in [3.63, 3.8) is 0 Å². The van der Waals surface area contributed by atoms with Gasteiger partial charge in [-0.05, 0) is 13.0 Å².